The van der Waals surface area contributed by atoms with Crippen LogP contribution in [0.4, 0.5) is 17.5 Å². The Morgan fingerprint density at radius 2 is 2.32 bits per heavy atom. The molecule has 0 aliphatic heterocycles. The van der Waals surface area contributed by atoms with Gasteiger partial charge in [-0.15, -0.1) is 0 Å². The van der Waals surface area contributed by atoms with Gasteiger partial charge >= 0.3 is 5.69 Å². The van der Waals surface area contributed by atoms with Crippen LogP contribution in [-0.4, -0.2) is 45.8 Å². The molecule has 1 aromatic heterocycles. The van der Waals surface area contributed by atoms with Gasteiger partial charge in [0.05, 0.1) is 11.5 Å². The molecule has 10 nitrogen and oxygen atoms in total. The van der Waals surface area contributed by atoms with Gasteiger partial charge in [0, 0.05) is 13.6 Å². The summed E-state index contributed by atoms with van der Waals surface area (Å²) in [5, 5.41) is 13.4. The third-order valence-corrected chi connectivity index (χ3v) is 2.40. The molecule has 0 atom stereocenters. The predicted molar refractivity (Wildman–Crippen MR) is 68.3 cm³/mol. The summed E-state index contributed by atoms with van der Waals surface area (Å²) in [6, 6.07) is 0. The summed E-state index contributed by atoms with van der Waals surface area (Å²) in [6.07, 6.45) is 1.01. The summed E-state index contributed by atoms with van der Waals surface area (Å²) in [5.74, 6) is 4.87. The van der Waals surface area contributed by atoms with E-state index >= 15 is 0 Å². The number of nitrogens with two attached hydrogens (primary N) is 1. The van der Waals surface area contributed by atoms with Crippen molar-refractivity contribution in [2.45, 2.75) is 6.92 Å². The number of amides is 1. The average molecular weight is 269 g/mol. The van der Waals surface area contributed by atoms with Crippen LogP contribution in [0.15, 0.2) is 6.20 Å². The van der Waals surface area contributed by atoms with E-state index in [4.69, 9.17) is 5.84 Å². The molecule has 4 N–H and O–H groups in total. The molecule has 0 unspecified atom stereocenters. The van der Waals surface area contributed by atoms with Gasteiger partial charge < -0.3 is 10.2 Å². The second kappa shape index (κ2) is 6.44. The van der Waals surface area contributed by atoms with E-state index < -0.39 is 4.92 Å². The Balaban J connectivity index is 2.86. The van der Waals surface area contributed by atoms with Crippen molar-refractivity contribution < 1.29 is 9.72 Å². The quantitative estimate of drug-likeness (QED) is 0.359. The molecule has 104 valence electrons. The molecule has 0 fully saturated rings. The normalized spacial score (nSPS) is 9.84. The fourth-order valence-corrected chi connectivity index (χ4v) is 1.18. The maximum atomic E-state index is 11.6. The number of nitrogens with one attached hydrogen (secondary N) is 2. The van der Waals surface area contributed by atoms with Crippen molar-refractivity contribution in [3.05, 3.63) is 16.3 Å². The molecule has 19 heavy (non-hydrogen) atoms. The van der Waals surface area contributed by atoms with Gasteiger partial charge in [-0.1, -0.05) is 0 Å². The van der Waals surface area contributed by atoms with Crippen LogP contribution in [0.25, 0.3) is 0 Å². The van der Waals surface area contributed by atoms with E-state index in [9.17, 15) is 14.9 Å². The molecule has 0 aliphatic rings. The Morgan fingerprint density at radius 1 is 1.63 bits per heavy atom. The van der Waals surface area contributed by atoms with Crippen molar-refractivity contribution in [1.82, 2.24) is 14.9 Å². The van der Waals surface area contributed by atoms with E-state index in [0.717, 1.165) is 6.20 Å². The fraction of sp³-hybridized carbons (Fsp3) is 0.444. The Kier molecular flexibility index (Phi) is 4.94. The van der Waals surface area contributed by atoms with Crippen molar-refractivity contribution in [3.63, 3.8) is 0 Å². The van der Waals surface area contributed by atoms with E-state index in [0.29, 0.717) is 6.54 Å². The number of nitrogens with zero attached hydrogens (tertiary/aromatic N) is 4. The molecule has 0 radical (unpaired) electrons. The molecule has 1 heterocycles. The molecule has 0 spiro atoms. The van der Waals surface area contributed by atoms with Gasteiger partial charge in [-0.05, 0) is 6.92 Å². The number of carbonyl (C=O) groups excluding carboxylic acids is 1. The van der Waals surface area contributed by atoms with Crippen molar-refractivity contribution >= 4 is 23.4 Å². The molecule has 10 heteroatoms. The zero-order valence-electron chi connectivity index (χ0n) is 10.6. The number of nitro groups is 1. The number of hydrogen-bond acceptors (Lipinski definition) is 8. The first-order chi connectivity index (χ1) is 8.99. The number of likely N-dealkylation sites (N-methyl/N-ethyl adjacent to an activating group) is 1. The van der Waals surface area contributed by atoms with Gasteiger partial charge in [0.25, 0.3) is 0 Å². The number of nitrogen functional groups attached to an aromatic ring is 1. The molecule has 1 aromatic rings. The summed E-state index contributed by atoms with van der Waals surface area (Å²) in [7, 11) is 1.63. The van der Waals surface area contributed by atoms with E-state index in [1.807, 2.05) is 6.92 Å². The molecule has 0 aromatic carbocycles. The molecular weight excluding hydrogens is 254 g/mol. The molecule has 0 saturated heterocycles. The number of hydrogen-bond donors (Lipinski definition) is 3. The van der Waals surface area contributed by atoms with Gasteiger partial charge in [0.1, 0.15) is 6.20 Å². The van der Waals surface area contributed by atoms with Crippen molar-refractivity contribution in [3.8, 4) is 0 Å². The second-order valence-corrected chi connectivity index (χ2v) is 3.59. The lowest BCUT2D eigenvalue weighted by Gasteiger charge is -2.15. The molecule has 0 saturated carbocycles. The highest BCUT2D eigenvalue weighted by Crippen LogP contribution is 2.21. The highest BCUT2D eigenvalue weighted by atomic mass is 16.6. The zero-order valence-corrected chi connectivity index (χ0v) is 10.6. The molecule has 0 aliphatic carbocycles. The van der Waals surface area contributed by atoms with Gasteiger partial charge in [0.15, 0.2) is 0 Å². The first kappa shape index (κ1) is 14.6. The Morgan fingerprint density at radius 3 is 2.84 bits per heavy atom. The SMILES string of the molecule is CCN(C)C(=O)CNc1nc(NN)ncc1[N+](=O)[O-]. The van der Waals surface area contributed by atoms with Crippen molar-refractivity contribution in [2.24, 2.45) is 5.84 Å². The van der Waals surface area contributed by atoms with Gasteiger partial charge in [-0.25, -0.2) is 10.8 Å². The predicted octanol–water partition coefficient (Wildman–Crippen LogP) is -0.439. The lowest BCUT2D eigenvalue weighted by atomic mass is 10.4. The highest BCUT2D eigenvalue weighted by Gasteiger charge is 2.18. The summed E-state index contributed by atoms with van der Waals surface area (Å²) in [4.78, 5) is 30.7. The highest BCUT2D eigenvalue weighted by molar-refractivity contribution is 5.81. The van der Waals surface area contributed by atoms with Crippen LogP contribution in [0, 0.1) is 10.1 Å². The standard InChI is InChI=1S/C9H15N7O3/c1-3-15(2)7(17)5-11-8-6(16(18)19)4-12-9(13-8)14-10/h4H,3,5,10H2,1-2H3,(H2,11,12,13,14). The van der Waals surface area contributed by atoms with E-state index in [1.54, 1.807) is 7.05 Å². The summed E-state index contributed by atoms with van der Waals surface area (Å²) in [5.41, 5.74) is 1.85. The van der Waals surface area contributed by atoms with Crippen LogP contribution in [-0.2, 0) is 4.79 Å². The van der Waals surface area contributed by atoms with Crippen LogP contribution in [0.1, 0.15) is 6.92 Å². The largest absolute Gasteiger partial charge is 0.355 e. The molecule has 0 bridgehead atoms. The Labute approximate surface area is 109 Å². The number of hydrazine groups is 1. The lowest BCUT2D eigenvalue weighted by Crippen LogP contribution is -2.32. The van der Waals surface area contributed by atoms with Crippen LogP contribution >= 0.6 is 0 Å². The zero-order chi connectivity index (χ0) is 14.4. The number of aromatic nitrogens is 2. The Hall–Kier alpha value is -2.49. The molecule has 1 amide bonds. The number of anilines is 2. The minimum Gasteiger partial charge on any atom is -0.355 e. The minimum absolute atomic E-state index is 0.0180. The van der Waals surface area contributed by atoms with Crippen LogP contribution in [0.3, 0.4) is 0 Å². The average Bonchev–Trinajstić information content (AvgIpc) is 2.43. The van der Waals surface area contributed by atoms with Crippen molar-refractivity contribution in [1.29, 1.82) is 0 Å². The van der Waals surface area contributed by atoms with E-state index in [1.165, 1.54) is 4.90 Å². The smallest absolute Gasteiger partial charge is 0.329 e. The Bertz CT molecular complexity index is 479. The van der Waals surface area contributed by atoms with Crippen LogP contribution < -0.4 is 16.6 Å². The van der Waals surface area contributed by atoms with Crippen LogP contribution in [0.2, 0.25) is 0 Å². The maximum absolute atomic E-state index is 11.6. The fourth-order valence-electron chi connectivity index (χ4n) is 1.18. The lowest BCUT2D eigenvalue weighted by molar-refractivity contribution is -0.384. The third-order valence-electron chi connectivity index (χ3n) is 2.40. The van der Waals surface area contributed by atoms with E-state index in [-0.39, 0.29) is 29.9 Å². The number of carbonyl (C=O) groups is 1. The van der Waals surface area contributed by atoms with Gasteiger partial charge in [-0.3, -0.25) is 20.3 Å². The molecular formula is C9H15N7O3. The topological polar surface area (TPSA) is 139 Å². The van der Waals surface area contributed by atoms with Crippen LogP contribution in [0.5, 0.6) is 0 Å². The summed E-state index contributed by atoms with van der Waals surface area (Å²) < 4.78 is 0. The molecule has 1 rings (SSSR count). The van der Waals surface area contributed by atoms with Gasteiger partial charge in [0.2, 0.25) is 17.7 Å². The third kappa shape index (κ3) is 3.74. The first-order valence-electron chi connectivity index (χ1n) is 5.45. The van der Waals surface area contributed by atoms with E-state index in [2.05, 4.69) is 20.7 Å². The first-order valence-corrected chi connectivity index (χ1v) is 5.45. The maximum Gasteiger partial charge on any atom is 0.329 e. The van der Waals surface area contributed by atoms with Crippen molar-refractivity contribution in [2.75, 3.05) is 30.9 Å². The number of rotatable bonds is 6. The second-order valence-electron chi connectivity index (χ2n) is 3.59. The minimum atomic E-state index is -0.642. The van der Waals surface area contributed by atoms with Gasteiger partial charge in [-0.2, -0.15) is 4.98 Å². The summed E-state index contributed by atoms with van der Waals surface area (Å²) >= 11 is 0. The monoisotopic (exact) mass is 269 g/mol. The summed E-state index contributed by atoms with van der Waals surface area (Å²) in [6.45, 7) is 2.26.